The lowest BCUT2D eigenvalue weighted by molar-refractivity contribution is 0.118. The summed E-state index contributed by atoms with van der Waals surface area (Å²) in [6.07, 6.45) is 6.43. The van der Waals surface area contributed by atoms with Gasteiger partial charge in [-0.15, -0.1) is 0 Å². The van der Waals surface area contributed by atoms with Gasteiger partial charge >= 0.3 is 8.97 Å². The third-order valence-corrected chi connectivity index (χ3v) is 9.16. The van der Waals surface area contributed by atoms with Gasteiger partial charge in [-0.1, -0.05) is 6.42 Å². The van der Waals surface area contributed by atoms with E-state index in [1.807, 2.05) is 0 Å². The van der Waals surface area contributed by atoms with E-state index in [0.717, 1.165) is 5.92 Å². The highest BCUT2D eigenvalue weighted by atomic mass is 28.4. The molecule has 2 rings (SSSR count). The maximum Gasteiger partial charge on any atom is 0.588 e. The zero-order valence-corrected chi connectivity index (χ0v) is 14.0. The summed E-state index contributed by atoms with van der Waals surface area (Å²) in [5.41, 5.74) is 0. The highest BCUT2D eigenvalue weighted by Gasteiger charge is 2.43. The molecule has 3 atom stereocenters. The average Bonchev–Trinajstić information content (AvgIpc) is 3.18. The minimum atomic E-state index is -2.52. The molecule has 0 bridgehead atoms. The fourth-order valence-electron chi connectivity index (χ4n) is 2.85. The molecule has 2 aliphatic rings. The van der Waals surface area contributed by atoms with Crippen LogP contribution in [0.25, 0.3) is 0 Å². The maximum atomic E-state index is 5.56. The van der Waals surface area contributed by atoms with E-state index >= 15 is 0 Å². The third kappa shape index (κ3) is 3.63. The zero-order valence-electron chi connectivity index (χ0n) is 11.6. The Balaban J connectivity index is 1.60. The highest BCUT2D eigenvalue weighted by molar-refractivity contribution is 6.66. The molecule has 1 N–H and O–H groups in total. The molecule has 1 aliphatic heterocycles. The number of nitrogens with one attached hydrogen (secondary N) is 1. The molecule has 3 unspecified atom stereocenters. The number of epoxide rings is 1. The van der Waals surface area contributed by atoms with Gasteiger partial charge in [-0.2, -0.15) is 0 Å². The Kier molecular flexibility index (Phi) is 5.37. The molecule has 1 saturated carbocycles. The number of fused-ring (bicyclic) bond motifs is 1. The van der Waals surface area contributed by atoms with Crippen LogP contribution in [0.15, 0.2) is 0 Å². The molecule has 1 aliphatic carbocycles. The van der Waals surface area contributed by atoms with E-state index in [9.17, 15) is 0 Å². The molecular weight excluding hydrogens is 266 g/mol. The second-order valence-electron chi connectivity index (χ2n) is 5.13. The first-order chi connectivity index (χ1) is 8.73. The quantitative estimate of drug-likeness (QED) is 0.399. The van der Waals surface area contributed by atoms with Gasteiger partial charge in [-0.3, -0.25) is 4.65 Å². The Bertz CT molecular complexity index is 257. The lowest BCUT2D eigenvalue weighted by Gasteiger charge is -2.25. The number of rotatable bonds is 8. The Labute approximate surface area is 113 Å². The summed E-state index contributed by atoms with van der Waals surface area (Å²) >= 11 is 0. The monoisotopic (exact) mass is 291 g/mol. The standard InChI is InChI=1S/C11H25NO4Si2/c1-13-18(14-2,15-3)12-17-7-6-9-4-5-10-11(8-9)16-10/h9-12H,4-8,17H2,1-3H3. The van der Waals surface area contributed by atoms with Crippen LogP contribution in [-0.4, -0.2) is 52.2 Å². The molecule has 1 saturated heterocycles. The minimum absolute atomic E-state index is 0.378. The van der Waals surface area contributed by atoms with Crippen molar-refractivity contribution in [1.82, 2.24) is 4.65 Å². The van der Waals surface area contributed by atoms with Crippen LogP contribution >= 0.6 is 0 Å². The number of hydrogen-bond donors (Lipinski definition) is 1. The van der Waals surface area contributed by atoms with Crippen molar-refractivity contribution in [2.24, 2.45) is 5.92 Å². The lowest BCUT2D eigenvalue weighted by atomic mass is 9.88. The average molecular weight is 291 g/mol. The molecule has 106 valence electrons. The van der Waals surface area contributed by atoms with Crippen molar-refractivity contribution in [3.63, 3.8) is 0 Å². The summed E-state index contributed by atoms with van der Waals surface area (Å²) in [4.78, 5) is 0. The predicted octanol–water partition coefficient (Wildman–Crippen LogP) is 0.410. The van der Waals surface area contributed by atoms with Crippen LogP contribution in [0, 0.1) is 5.92 Å². The lowest BCUT2D eigenvalue weighted by Crippen LogP contribution is -2.58. The van der Waals surface area contributed by atoms with E-state index < -0.39 is 8.97 Å². The van der Waals surface area contributed by atoms with Gasteiger partial charge in [0, 0.05) is 21.3 Å². The first kappa shape index (κ1) is 14.6. The van der Waals surface area contributed by atoms with E-state index in [1.54, 1.807) is 21.3 Å². The summed E-state index contributed by atoms with van der Waals surface area (Å²) in [6, 6.07) is 1.27. The first-order valence-corrected chi connectivity index (χ1v) is 10.2. The van der Waals surface area contributed by atoms with Gasteiger partial charge in [0.15, 0.2) is 0 Å². The third-order valence-electron chi connectivity index (χ3n) is 4.05. The van der Waals surface area contributed by atoms with E-state index in [2.05, 4.69) is 4.65 Å². The van der Waals surface area contributed by atoms with Gasteiger partial charge < -0.3 is 18.0 Å². The van der Waals surface area contributed by atoms with Crippen molar-refractivity contribution in [3.05, 3.63) is 0 Å². The van der Waals surface area contributed by atoms with Crippen LogP contribution in [0.4, 0.5) is 0 Å². The molecule has 18 heavy (non-hydrogen) atoms. The highest BCUT2D eigenvalue weighted by Crippen LogP contribution is 2.40. The molecule has 0 amide bonds. The number of ether oxygens (including phenoxy) is 1. The molecule has 5 nitrogen and oxygen atoms in total. The summed E-state index contributed by atoms with van der Waals surface area (Å²) in [5.74, 6) is 0.867. The largest absolute Gasteiger partial charge is 0.588 e. The topological polar surface area (TPSA) is 52.2 Å². The van der Waals surface area contributed by atoms with E-state index in [0.29, 0.717) is 12.2 Å². The van der Waals surface area contributed by atoms with Gasteiger partial charge in [0.2, 0.25) is 0 Å². The van der Waals surface area contributed by atoms with E-state index in [1.165, 1.54) is 31.7 Å². The van der Waals surface area contributed by atoms with Crippen LogP contribution in [0.1, 0.15) is 25.7 Å². The molecule has 0 aromatic heterocycles. The van der Waals surface area contributed by atoms with E-state index in [-0.39, 0.29) is 9.68 Å². The Morgan fingerprint density at radius 1 is 1.17 bits per heavy atom. The summed E-state index contributed by atoms with van der Waals surface area (Å²) in [6.45, 7) is 0. The molecule has 1 heterocycles. The van der Waals surface area contributed by atoms with Crippen molar-refractivity contribution in [2.45, 2.75) is 43.9 Å². The molecule has 2 fully saturated rings. The normalized spacial score (nSPS) is 31.8. The Hall–Kier alpha value is 0.234. The molecule has 0 aromatic carbocycles. The number of hydrogen-bond acceptors (Lipinski definition) is 5. The fraction of sp³-hybridized carbons (Fsp3) is 1.00. The van der Waals surface area contributed by atoms with Gasteiger partial charge in [-0.25, -0.2) is 0 Å². The summed E-state index contributed by atoms with van der Waals surface area (Å²) in [5, 5.41) is 0. The molecular formula is C11H25NO4Si2. The molecule has 7 heteroatoms. The van der Waals surface area contributed by atoms with Gasteiger partial charge in [0.05, 0.1) is 21.9 Å². The van der Waals surface area contributed by atoms with Crippen molar-refractivity contribution in [2.75, 3.05) is 21.3 Å². The van der Waals surface area contributed by atoms with Crippen molar-refractivity contribution in [3.8, 4) is 0 Å². The van der Waals surface area contributed by atoms with Crippen LogP contribution in [0.3, 0.4) is 0 Å². The van der Waals surface area contributed by atoms with Crippen molar-refractivity contribution >= 4 is 18.6 Å². The van der Waals surface area contributed by atoms with Gasteiger partial charge in [-0.05, 0) is 31.2 Å². The first-order valence-electron chi connectivity index (χ1n) is 6.79. The van der Waals surface area contributed by atoms with Crippen LogP contribution in [0.2, 0.25) is 6.04 Å². The van der Waals surface area contributed by atoms with E-state index in [4.69, 9.17) is 18.0 Å². The van der Waals surface area contributed by atoms with Crippen LogP contribution < -0.4 is 4.65 Å². The Morgan fingerprint density at radius 3 is 2.50 bits per heavy atom. The van der Waals surface area contributed by atoms with Crippen LogP contribution in [0.5, 0.6) is 0 Å². The summed E-state index contributed by atoms with van der Waals surface area (Å²) < 4.78 is 25.0. The fourth-order valence-corrected chi connectivity index (χ4v) is 7.79. The smallest absolute Gasteiger partial charge is 0.370 e. The van der Waals surface area contributed by atoms with Crippen molar-refractivity contribution < 1.29 is 18.0 Å². The molecule has 0 spiro atoms. The Morgan fingerprint density at radius 2 is 1.89 bits per heavy atom. The second-order valence-corrected chi connectivity index (χ2v) is 10.1. The minimum Gasteiger partial charge on any atom is -0.370 e. The van der Waals surface area contributed by atoms with Crippen LogP contribution in [-0.2, 0) is 18.0 Å². The zero-order chi connectivity index (χ0) is 13.0. The predicted molar refractivity (Wildman–Crippen MR) is 73.9 cm³/mol. The summed E-state index contributed by atoms with van der Waals surface area (Å²) in [7, 11) is 2.03. The second kappa shape index (κ2) is 6.60. The van der Waals surface area contributed by atoms with Gasteiger partial charge in [0.1, 0.15) is 0 Å². The maximum absolute atomic E-state index is 5.56. The SMILES string of the molecule is CO[Si](N[SiH2]CCC1CCC2OC2C1)(OC)OC. The van der Waals surface area contributed by atoms with Crippen molar-refractivity contribution in [1.29, 1.82) is 0 Å². The molecule has 0 aromatic rings. The van der Waals surface area contributed by atoms with Gasteiger partial charge in [0.25, 0.3) is 0 Å². The molecule has 0 radical (unpaired) electrons.